The molecule has 0 aliphatic heterocycles. The topological polar surface area (TPSA) is 0 Å². The Balaban J connectivity index is 2.07. The Morgan fingerprint density at radius 1 is 0.619 bits per heavy atom. The Hall–Kier alpha value is -2.60. The third-order valence-corrected chi connectivity index (χ3v) is 4.61. The van der Waals surface area contributed by atoms with E-state index in [2.05, 4.69) is 73.7 Å². The molecule has 4 aromatic carbocycles. The second-order valence-electron chi connectivity index (χ2n) is 5.93. The molecule has 0 saturated carbocycles. The summed E-state index contributed by atoms with van der Waals surface area (Å²) in [6.07, 6.45) is 0. The van der Waals surface area contributed by atoms with Gasteiger partial charge in [-0.15, -0.1) is 0 Å². The Morgan fingerprint density at radius 3 is 2.43 bits per heavy atom. The minimum Gasteiger partial charge on any atom is -0.0616 e. The van der Waals surface area contributed by atoms with Gasteiger partial charge < -0.3 is 0 Å². The number of rotatable bonds is 0. The molecule has 0 unspecified atom stereocenters. The van der Waals surface area contributed by atoms with Gasteiger partial charge in [0.25, 0.3) is 0 Å². The molecule has 0 saturated heterocycles. The van der Waals surface area contributed by atoms with Gasteiger partial charge in [0, 0.05) is 0 Å². The lowest BCUT2D eigenvalue weighted by Crippen LogP contribution is -1.80. The highest BCUT2D eigenvalue weighted by Gasteiger charge is 2.22. The van der Waals surface area contributed by atoms with Gasteiger partial charge in [0.15, 0.2) is 0 Å². The molecule has 0 amide bonds. The highest BCUT2D eigenvalue weighted by atomic mass is 14.3. The molecule has 4 aromatic rings. The second kappa shape index (κ2) is 3.73. The quantitative estimate of drug-likeness (QED) is 0.325. The highest BCUT2D eigenvalue weighted by Crippen LogP contribution is 2.50. The van der Waals surface area contributed by atoms with Gasteiger partial charge in [-0.25, -0.2) is 0 Å². The van der Waals surface area contributed by atoms with Crippen LogP contribution in [-0.4, -0.2) is 0 Å². The van der Waals surface area contributed by atoms with E-state index < -0.39 is 0 Å². The lowest BCUT2D eigenvalue weighted by Gasteiger charge is -2.07. The number of aryl methyl sites for hydroxylation is 1. The molecule has 98 valence electrons. The van der Waals surface area contributed by atoms with Crippen molar-refractivity contribution in [2.75, 3.05) is 0 Å². The maximum atomic E-state index is 2.33. The van der Waals surface area contributed by atoms with Crippen LogP contribution in [0, 0.1) is 6.92 Å². The zero-order chi connectivity index (χ0) is 14.0. The second-order valence-corrected chi connectivity index (χ2v) is 5.93. The average Bonchev–Trinajstić information content (AvgIpc) is 2.83. The maximum Gasteiger partial charge on any atom is -0.00201 e. The molecular formula is C21H14. The third kappa shape index (κ3) is 1.34. The van der Waals surface area contributed by atoms with Gasteiger partial charge >= 0.3 is 0 Å². The molecule has 0 aromatic heterocycles. The number of fused-ring (bicyclic) bond motifs is 5. The molecule has 1 aliphatic rings. The van der Waals surface area contributed by atoms with E-state index in [1.165, 1.54) is 49.4 Å². The van der Waals surface area contributed by atoms with E-state index in [1.807, 2.05) is 0 Å². The molecule has 0 atom stereocenters. The zero-order valence-corrected chi connectivity index (χ0v) is 11.9. The van der Waals surface area contributed by atoms with Gasteiger partial charge in [-0.05, 0) is 56.3 Å². The lowest BCUT2D eigenvalue weighted by atomic mass is 9.97. The molecule has 0 heterocycles. The zero-order valence-electron chi connectivity index (χ0n) is 11.9. The first kappa shape index (κ1) is 11.1. The normalized spacial score (nSPS) is 12.0. The SMILES string of the molecule is Cc1cc2c3c(cccc3c1)-c1c-2ccc2ccccc12. The van der Waals surface area contributed by atoms with Crippen molar-refractivity contribution in [3.63, 3.8) is 0 Å². The first-order valence-electron chi connectivity index (χ1n) is 7.39. The van der Waals surface area contributed by atoms with Crippen molar-refractivity contribution in [2.45, 2.75) is 6.92 Å². The van der Waals surface area contributed by atoms with Crippen LogP contribution in [0.3, 0.4) is 0 Å². The van der Waals surface area contributed by atoms with E-state index in [9.17, 15) is 0 Å². The van der Waals surface area contributed by atoms with Crippen molar-refractivity contribution in [3.8, 4) is 22.3 Å². The van der Waals surface area contributed by atoms with Crippen LogP contribution in [0.5, 0.6) is 0 Å². The summed E-state index contributed by atoms with van der Waals surface area (Å²) < 4.78 is 0. The summed E-state index contributed by atoms with van der Waals surface area (Å²) >= 11 is 0. The highest BCUT2D eigenvalue weighted by molar-refractivity contribution is 6.21. The Morgan fingerprint density at radius 2 is 1.48 bits per heavy atom. The predicted molar refractivity (Wildman–Crippen MR) is 90.6 cm³/mol. The molecule has 0 heteroatoms. The molecule has 0 nitrogen and oxygen atoms in total. The molecule has 0 radical (unpaired) electrons. The Labute approximate surface area is 123 Å². The third-order valence-electron chi connectivity index (χ3n) is 4.61. The molecule has 21 heavy (non-hydrogen) atoms. The van der Waals surface area contributed by atoms with Crippen LogP contribution < -0.4 is 0 Å². The van der Waals surface area contributed by atoms with Gasteiger partial charge in [-0.3, -0.25) is 0 Å². The predicted octanol–water partition coefficient (Wildman–Crippen LogP) is 5.95. The molecule has 0 N–H and O–H groups in total. The van der Waals surface area contributed by atoms with E-state index in [4.69, 9.17) is 0 Å². The smallest absolute Gasteiger partial charge is 0.00201 e. The van der Waals surface area contributed by atoms with Crippen molar-refractivity contribution in [1.29, 1.82) is 0 Å². The van der Waals surface area contributed by atoms with Gasteiger partial charge in [0.2, 0.25) is 0 Å². The van der Waals surface area contributed by atoms with E-state index in [-0.39, 0.29) is 0 Å². The summed E-state index contributed by atoms with van der Waals surface area (Å²) in [5, 5.41) is 5.44. The van der Waals surface area contributed by atoms with Crippen LogP contribution in [0.1, 0.15) is 5.56 Å². The van der Waals surface area contributed by atoms with Crippen LogP contribution in [0.25, 0.3) is 43.8 Å². The van der Waals surface area contributed by atoms with Gasteiger partial charge in [-0.2, -0.15) is 0 Å². The molecule has 0 fully saturated rings. The lowest BCUT2D eigenvalue weighted by molar-refractivity contribution is 1.51. The summed E-state index contributed by atoms with van der Waals surface area (Å²) in [5.74, 6) is 0. The molecule has 0 spiro atoms. The van der Waals surface area contributed by atoms with E-state index >= 15 is 0 Å². The fourth-order valence-electron chi connectivity index (χ4n) is 3.78. The van der Waals surface area contributed by atoms with Gasteiger partial charge in [-0.1, -0.05) is 66.7 Å². The van der Waals surface area contributed by atoms with E-state index in [1.54, 1.807) is 0 Å². The largest absolute Gasteiger partial charge is 0.0616 e. The van der Waals surface area contributed by atoms with Crippen LogP contribution in [0.15, 0.2) is 66.7 Å². The number of benzene rings is 4. The van der Waals surface area contributed by atoms with Gasteiger partial charge in [0.05, 0.1) is 0 Å². The standard InChI is InChI=1S/C21H14/c1-13-11-15-6-4-8-18-20(15)19(12-13)17-10-9-14-5-2-3-7-16(14)21(17)18/h2-12H,1H3. The summed E-state index contributed by atoms with van der Waals surface area (Å²) in [6, 6.07) is 24.5. The fourth-order valence-corrected chi connectivity index (χ4v) is 3.78. The van der Waals surface area contributed by atoms with Crippen molar-refractivity contribution < 1.29 is 0 Å². The van der Waals surface area contributed by atoms with Crippen LogP contribution >= 0.6 is 0 Å². The summed E-state index contributed by atoms with van der Waals surface area (Å²) in [5.41, 5.74) is 6.88. The number of hydrogen-bond donors (Lipinski definition) is 0. The monoisotopic (exact) mass is 266 g/mol. The molecule has 5 rings (SSSR count). The summed E-state index contributed by atoms with van der Waals surface area (Å²) in [7, 11) is 0. The van der Waals surface area contributed by atoms with Crippen molar-refractivity contribution in [3.05, 3.63) is 72.3 Å². The van der Waals surface area contributed by atoms with Crippen molar-refractivity contribution in [1.82, 2.24) is 0 Å². The summed E-state index contributed by atoms with van der Waals surface area (Å²) in [4.78, 5) is 0. The first-order valence-corrected chi connectivity index (χ1v) is 7.39. The minimum absolute atomic E-state index is 1.32. The summed E-state index contributed by atoms with van der Waals surface area (Å²) in [6.45, 7) is 2.18. The first-order chi connectivity index (χ1) is 10.3. The van der Waals surface area contributed by atoms with Crippen LogP contribution in [0.2, 0.25) is 0 Å². The van der Waals surface area contributed by atoms with Crippen molar-refractivity contribution >= 4 is 21.5 Å². The Bertz CT molecular complexity index is 1040. The molecule has 1 aliphatic carbocycles. The van der Waals surface area contributed by atoms with E-state index in [0.717, 1.165) is 0 Å². The average molecular weight is 266 g/mol. The number of hydrogen-bond acceptors (Lipinski definition) is 0. The molecular weight excluding hydrogens is 252 g/mol. The van der Waals surface area contributed by atoms with Gasteiger partial charge in [0.1, 0.15) is 0 Å². The maximum absolute atomic E-state index is 2.33. The van der Waals surface area contributed by atoms with E-state index in [0.29, 0.717) is 0 Å². The molecule has 0 bridgehead atoms. The van der Waals surface area contributed by atoms with Crippen LogP contribution in [-0.2, 0) is 0 Å². The Kier molecular flexibility index (Phi) is 1.97. The fraction of sp³-hybridized carbons (Fsp3) is 0.0476. The van der Waals surface area contributed by atoms with Crippen molar-refractivity contribution in [2.24, 2.45) is 0 Å². The van der Waals surface area contributed by atoms with Crippen LogP contribution in [0.4, 0.5) is 0 Å². The minimum atomic E-state index is 1.32.